The number of rotatable bonds is 7. The van der Waals surface area contributed by atoms with E-state index in [0.717, 1.165) is 12.8 Å². The van der Waals surface area contributed by atoms with E-state index in [9.17, 15) is 9.59 Å². The summed E-state index contributed by atoms with van der Waals surface area (Å²) in [6, 6.07) is -1.23. The molecular formula is C9H21ClN4O2. The molecule has 0 heterocycles. The van der Waals surface area contributed by atoms with Crippen LogP contribution < -0.4 is 22.1 Å². The fourth-order valence-corrected chi connectivity index (χ4v) is 1.17. The van der Waals surface area contributed by atoms with Crippen molar-refractivity contribution >= 4 is 24.3 Å². The van der Waals surface area contributed by atoms with Gasteiger partial charge in [0.05, 0.1) is 0 Å². The third-order valence-corrected chi connectivity index (χ3v) is 1.92. The van der Waals surface area contributed by atoms with Crippen LogP contribution in [0.5, 0.6) is 0 Å². The second-order valence-corrected chi connectivity index (χ2v) is 3.28. The second-order valence-electron chi connectivity index (χ2n) is 3.28. The Bertz CT molecular complexity index is 214. The Morgan fingerprint density at radius 2 is 2.00 bits per heavy atom. The van der Waals surface area contributed by atoms with Crippen LogP contribution in [-0.4, -0.2) is 31.1 Å². The highest BCUT2D eigenvalue weighted by Gasteiger charge is 2.18. The fourth-order valence-electron chi connectivity index (χ4n) is 1.17. The highest BCUT2D eigenvalue weighted by atomic mass is 35.5. The van der Waals surface area contributed by atoms with Crippen molar-refractivity contribution < 1.29 is 9.59 Å². The quantitative estimate of drug-likeness (QED) is 0.500. The monoisotopic (exact) mass is 252 g/mol. The van der Waals surface area contributed by atoms with Crippen molar-refractivity contribution in [2.75, 3.05) is 13.1 Å². The summed E-state index contributed by atoms with van der Waals surface area (Å²) in [6.07, 6.45) is 2.41. The number of carbonyl (C=O) groups excluding carboxylic acids is 2. The van der Waals surface area contributed by atoms with Crippen LogP contribution in [0.15, 0.2) is 0 Å². The molecule has 7 heteroatoms. The molecule has 0 radical (unpaired) electrons. The summed E-state index contributed by atoms with van der Waals surface area (Å²) in [5.74, 6) is -0.229. The largest absolute Gasteiger partial charge is 0.353 e. The summed E-state index contributed by atoms with van der Waals surface area (Å²) < 4.78 is 0. The van der Waals surface area contributed by atoms with Crippen molar-refractivity contribution in [2.45, 2.75) is 32.2 Å². The molecule has 0 fully saturated rings. The maximum atomic E-state index is 11.5. The van der Waals surface area contributed by atoms with Crippen LogP contribution in [0.1, 0.15) is 26.2 Å². The Morgan fingerprint density at radius 3 is 2.44 bits per heavy atom. The number of halogens is 1. The van der Waals surface area contributed by atoms with Gasteiger partial charge in [-0.15, -0.1) is 12.4 Å². The zero-order valence-corrected chi connectivity index (χ0v) is 10.3. The number of primary amides is 1. The number of hydrogen-bond acceptors (Lipinski definition) is 3. The van der Waals surface area contributed by atoms with E-state index in [1.807, 2.05) is 6.92 Å². The Labute approximate surface area is 102 Å². The molecule has 0 aromatic rings. The first-order chi connectivity index (χ1) is 7.11. The maximum absolute atomic E-state index is 11.5. The molecule has 0 rings (SSSR count). The van der Waals surface area contributed by atoms with Gasteiger partial charge in [0.15, 0.2) is 0 Å². The lowest BCUT2D eigenvalue weighted by molar-refractivity contribution is -0.123. The molecule has 1 unspecified atom stereocenters. The van der Waals surface area contributed by atoms with Crippen molar-refractivity contribution in [2.24, 2.45) is 11.5 Å². The normalized spacial score (nSPS) is 11.1. The lowest BCUT2D eigenvalue weighted by atomic mass is 10.1. The topological polar surface area (TPSA) is 110 Å². The first kappa shape index (κ1) is 17.4. The van der Waals surface area contributed by atoms with Crippen LogP contribution in [-0.2, 0) is 4.79 Å². The number of hydrogen-bond donors (Lipinski definition) is 4. The third-order valence-electron chi connectivity index (χ3n) is 1.92. The molecule has 0 aromatic carbocycles. The predicted octanol–water partition coefficient (Wildman–Crippen LogP) is -0.290. The smallest absolute Gasteiger partial charge is 0.312 e. The zero-order valence-electron chi connectivity index (χ0n) is 9.49. The molecule has 0 aliphatic heterocycles. The lowest BCUT2D eigenvalue weighted by Crippen LogP contribution is -2.49. The Morgan fingerprint density at radius 1 is 1.38 bits per heavy atom. The zero-order chi connectivity index (χ0) is 11.7. The molecule has 6 N–H and O–H groups in total. The summed E-state index contributed by atoms with van der Waals surface area (Å²) >= 11 is 0. The Balaban J connectivity index is 0. The summed E-state index contributed by atoms with van der Waals surface area (Å²) in [7, 11) is 0. The third kappa shape index (κ3) is 8.31. The fraction of sp³-hybridized carbons (Fsp3) is 0.778. The van der Waals surface area contributed by atoms with Gasteiger partial charge in [-0.05, 0) is 6.42 Å². The molecule has 96 valence electrons. The van der Waals surface area contributed by atoms with Gasteiger partial charge in [0, 0.05) is 13.1 Å². The second kappa shape index (κ2) is 10.5. The van der Waals surface area contributed by atoms with Crippen LogP contribution in [0.3, 0.4) is 0 Å². The van der Waals surface area contributed by atoms with Crippen molar-refractivity contribution in [1.82, 2.24) is 10.6 Å². The van der Waals surface area contributed by atoms with Crippen molar-refractivity contribution in [1.29, 1.82) is 0 Å². The summed E-state index contributed by atoms with van der Waals surface area (Å²) in [5.41, 5.74) is 10.2. The molecule has 0 bridgehead atoms. The average molecular weight is 253 g/mol. The van der Waals surface area contributed by atoms with E-state index >= 15 is 0 Å². The maximum Gasteiger partial charge on any atom is 0.312 e. The van der Waals surface area contributed by atoms with E-state index in [1.54, 1.807) is 0 Å². The Hall–Kier alpha value is -1.01. The number of nitrogens with two attached hydrogens (primary N) is 2. The van der Waals surface area contributed by atoms with Gasteiger partial charge in [-0.2, -0.15) is 0 Å². The van der Waals surface area contributed by atoms with E-state index in [1.165, 1.54) is 0 Å². The van der Waals surface area contributed by atoms with E-state index < -0.39 is 12.1 Å². The van der Waals surface area contributed by atoms with Gasteiger partial charge in [0.1, 0.15) is 6.04 Å². The van der Waals surface area contributed by atoms with E-state index in [4.69, 9.17) is 11.5 Å². The molecule has 6 nitrogen and oxygen atoms in total. The summed E-state index contributed by atoms with van der Waals surface area (Å²) in [4.78, 5) is 22.2. The van der Waals surface area contributed by atoms with Gasteiger partial charge in [0.25, 0.3) is 0 Å². The van der Waals surface area contributed by atoms with Crippen LogP contribution in [0, 0.1) is 0 Å². The predicted molar refractivity (Wildman–Crippen MR) is 65.3 cm³/mol. The van der Waals surface area contributed by atoms with Crippen molar-refractivity contribution in [3.05, 3.63) is 0 Å². The summed E-state index contributed by atoms with van der Waals surface area (Å²) in [5, 5.41) is 5.02. The van der Waals surface area contributed by atoms with Gasteiger partial charge in [-0.3, -0.25) is 4.79 Å². The molecule has 16 heavy (non-hydrogen) atoms. The number of urea groups is 1. The van der Waals surface area contributed by atoms with Crippen molar-refractivity contribution in [3.8, 4) is 0 Å². The highest BCUT2D eigenvalue weighted by Crippen LogP contribution is 2.00. The molecule has 0 saturated heterocycles. The minimum Gasteiger partial charge on any atom is -0.353 e. The molecule has 0 aliphatic carbocycles. The van der Waals surface area contributed by atoms with E-state index in [-0.39, 0.29) is 18.3 Å². The van der Waals surface area contributed by atoms with Crippen LogP contribution >= 0.6 is 12.4 Å². The average Bonchev–Trinajstić information content (AvgIpc) is 2.20. The summed E-state index contributed by atoms with van der Waals surface area (Å²) in [6.45, 7) is 2.80. The van der Waals surface area contributed by atoms with Gasteiger partial charge >= 0.3 is 6.03 Å². The molecule has 0 aromatic heterocycles. The number of unbranched alkanes of at least 4 members (excludes halogenated alkanes) is 1. The minimum absolute atomic E-state index is 0. The van der Waals surface area contributed by atoms with Gasteiger partial charge in [-0.1, -0.05) is 19.8 Å². The number of carbonyl (C=O) groups is 2. The van der Waals surface area contributed by atoms with Crippen LogP contribution in [0.4, 0.5) is 4.79 Å². The molecule has 0 aliphatic rings. The van der Waals surface area contributed by atoms with Gasteiger partial charge in [0.2, 0.25) is 5.91 Å². The van der Waals surface area contributed by atoms with Crippen LogP contribution in [0.25, 0.3) is 0 Å². The first-order valence-corrected chi connectivity index (χ1v) is 5.15. The van der Waals surface area contributed by atoms with Crippen LogP contribution in [0.2, 0.25) is 0 Å². The minimum atomic E-state index is -0.681. The lowest BCUT2D eigenvalue weighted by Gasteiger charge is -2.16. The molecule has 0 saturated carbocycles. The molecule has 0 spiro atoms. The standard InChI is InChI=1S/C9H20N4O2.ClH/c1-2-3-4-7(13-9(11)15)8(14)12-6-5-10;/h7H,2-6,10H2,1H3,(H,12,14)(H3,11,13,15);1H. The van der Waals surface area contributed by atoms with E-state index in [2.05, 4.69) is 10.6 Å². The number of nitrogens with one attached hydrogen (secondary N) is 2. The van der Waals surface area contributed by atoms with Crippen molar-refractivity contribution in [3.63, 3.8) is 0 Å². The number of amides is 3. The Kier molecular flexibility index (Phi) is 11.4. The SMILES string of the molecule is CCCCC(NC(N)=O)C(=O)NCCN.Cl. The van der Waals surface area contributed by atoms with Gasteiger partial charge in [-0.25, -0.2) is 4.79 Å². The molecule has 1 atom stereocenters. The molecule has 3 amide bonds. The highest BCUT2D eigenvalue weighted by molar-refractivity contribution is 5.86. The first-order valence-electron chi connectivity index (χ1n) is 5.15. The van der Waals surface area contributed by atoms with E-state index in [0.29, 0.717) is 19.5 Å². The molecular weight excluding hydrogens is 232 g/mol. The van der Waals surface area contributed by atoms with Gasteiger partial charge < -0.3 is 22.1 Å².